The van der Waals surface area contributed by atoms with Crippen molar-refractivity contribution in [3.8, 4) is 11.4 Å². The summed E-state index contributed by atoms with van der Waals surface area (Å²) in [6.45, 7) is 4.47. The molecule has 10 nitrogen and oxygen atoms in total. The summed E-state index contributed by atoms with van der Waals surface area (Å²) < 4.78 is 12.3. The zero-order valence-electron chi connectivity index (χ0n) is 21.1. The number of thiocarbonyl (C=S) groups is 1. The summed E-state index contributed by atoms with van der Waals surface area (Å²) in [6.07, 6.45) is 2.59. The maximum atomic E-state index is 11.7. The fourth-order valence-electron chi connectivity index (χ4n) is 4.91. The number of carbonyl (C=O) groups is 1. The molecule has 0 spiro atoms. The lowest BCUT2D eigenvalue weighted by atomic mass is 9.96. The number of benzene rings is 1. The van der Waals surface area contributed by atoms with Crippen LogP contribution in [0.1, 0.15) is 47.6 Å². The number of esters is 1. The smallest absolute Gasteiger partial charge is 0.305 e. The van der Waals surface area contributed by atoms with E-state index >= 15 is 0 Å². The first-order valence-electron chi connectivity index (χ1n) is 11.8. The molecule has 0 aliphatic carbocycles. The maximum Gasteiger partial charge on any atom is 0.305 e. The van der Waals surface area contributed by atoms with Gasteiger partial charge in [0.1, 0.15) is 5.75 Å². The third-order valence-corrected chi connectivity index (χ3v) is 6.96. The molecule has 4 rings (SSSR count). The van der Waals surface area contributed by atoms with Gasteiger partial charge in [0.15, 0.2) is 5.11 Å². The van der Waals surface area contributed by atoms with Crippen molar-refractivity contribution < 1.29 is 19.2 Å². The molecule has 3 aromatic rings. The average Bonchev–Trinajstić information content (AvgIpc) is 3.38. The fraction of sp³-hybridized carbons (Fsp3) is 0.346. The van der Waals surface area contributed by atoms with Gasteiger partial charge in [-0.05, 0) is 62.3 Å². The minimum atomic E-state index is -0.419. The van der Waals surface area contributed by atoms with E-state index in [1.165, 1.54) is 19.2 Å². The van der Waals surface area contributed by atoms with E-state index in [9.17, 15) is 14.9 Å². The summed E-state index contributed by atoms with van der Waals surface area (Å²) in [6, 6.07) is 11.9. The van der Waals surface area contributed by atoms with Crippen LogP contribution < -0.4 is 10.1 Å². The number of non-ortho nitro benzene ring substituents is 1. The monoisotopic (exact) mass is 523 g/mol. The number of rotatable bonds is 9. The zero-order valence-corrected chi connectivity index (χ0v) is 21.9. The molecular weight excluding hydrogens is 494 g/mol. The number of aromatic nitrogens is 2. The van der Waals surface area contributed by atoms with Crippen molar-refractivity contribution in [1.29, 1.82) is 0 Å². The van der Waals surface area contributed by atoms with E-state index in [1.807, 2.05) is 36.6 Å². The lowest BCUT2D eigenvalue weighted by molar-refractivity contribution is -0.384. The number of nitro groups is 1. The molecule has 37 heavy (non-hydrogen) atoms. The molecule has 194 valence electrons. The highest BCUT2D eigenvalue weighted by Crippen LogP contribution is 2.42. The third-order valence-electron chi connectivity index (χ3n) is 6.61. The summed E-state index contributed by atoms with van der Waals surface area (Å²) in [5.74, 6) is 0.252. The predicted octanol–water partition coefficient (Wildman–Crippen LogP) is 4.33. The lowest BCUT2D eigenvalue weighted by Gasteiger charge is -2.28. The summed E-state index contributed by atoms with van der Waals surface area (Å²) >= 11 is 5.73. The van der Waals surface area contributed by atoms with Crippen LogP contribution in [-0.2, 0) is 9.53 Å². The van der Waals surface area contributed by atoms with Crippen LogP contribution in [0, 0.1) is 24.0 Å². The Balaban J connectivity index is 1.81. The topological polar surface area (TPSA) is 112 Å². The molecule has 0 bridgehead atoms. The second-order valence-electron chi connectivity index (χ2n) is 8.77. The molecular formula is C26H29N5O5S. The number of ether oxygens (including phenoxy) is 2. The number of pyridine rings is 1. The van der Waals surface area contributed by atoms with Crippen LogP contribution in [0.3, 0.4) is 0 Å². The van der Waals surface area contributed by atoms with E-state index in [4.69, 9.17) is 21.7 Å². The van der Waals surface area contributed by atoms with Gasteiger partial charge < -0.3 is 24.3 Å². The lowest BCUT2D eigenvalue weighted by Crippen LogP contribution is -2.31. The predicted molar refractivity (Wildman–Crippen MR) is 142 cm³/mol. The number of hydrogen-bond acceptors (Lipinski definition) is 7. The van der Waals surface area contributed by atoms with Gasteiger partial charge in [-0.1, -0.05) is 6.07 Å². The van der Waals surface area contributed by atoms with E-state index < -0.39 is 4.92 Å². The first-order chi connectivity index (χ1) is 17.8. The molecule has 1 fully saturated rings. The zero-order chi connectivity index (χ0) is 26.7. The Hall–Kier alpha value is -3.99. The molecule has 0 amide bonds. The highest BCUT2D eigenvalue weighted by molar-refractivity contribution is 7.80. The molecule has 1 aromatic carbocycles. The normalized spacial score (nSPS) is 17.0. The number of nitro benzene ring substituents is 1. The Kier molecular flexibility index (Phi) is 7.72. The molecule has 3 heterocycles. The molecule has 1 N–H and O–H groups in total. The van der Waals surface area contributed by atoms with Gasteiger partial charge in [-0.15, -0.1) is 0 Å². The van der Waals surface area contributed by atoms with Gasteiger partial charge in [-0.25, -0.2) is 0 Å². The van der Waals surface area contributed by atoms with Crippen molar-refractivity contribution >= 4 is 29.0 Å². The minimum absolute atomic E-state index is 0.0237. The van der Waals surface area contributed by atoms with Crippen LogP contribution >= 0.6 is 12.2 Å². The van der Waals surface area contributed by atoms with Gasteiger partial charge in [0.2, 0.25) is 0 Å². The molecule has 11 heteroatoms. The number of aryl methyl sites for hydroxylation is 1. The molecule has 2 aromatic heterocycles. The minimum Gasteiger partial charge on any atom is -0.495 e. The first kappa shape index (κ1) is 26.1. The van der Waals surface area contributed by atoms with Crippen molar-refractivity contribution in [1.82, 2.24) is 19.8 Å². The maximum absolute atomic E-state index is 11.7. The standard InChI is InChI=1S/C26H29N5O5S/c1-16-14-19(17(2)30(16)21-15-18(31(33)34)10-11-22(21)35-3)25-24(20-8-5-6-12-27-20)28-26(37)29(25)13-7-9-23(32)36-4/h5-6,8,10-12,14-15,24-25H,7,9,13H2,1-4H3,(H,28,37)/t24-,25-/m1/s1. The summed E-state index contributed by atoms with van der Waals surface area (Å²) in [5, 5.41) is 15.5. The average molecular weight is 524 g/mol. The Morgan fingerprint density at radius 3 is 2.65 bits per heavy atom. The van der Waals surface area contributed by atoms with Crippen molar-refractivity contribution in [2.75, 3.05) is 20.8 Å². The van der Waals surface area contributed by atoms with E-state index in [2.05, 4.69) is 21.3 Å². The molecule has 0 radical (unpaired) electrons. The quantitative estimate of drug-likeness (QED) is 0.190. The SMILES string of the molecule is COC(=O)CCCN1C(=S)N[C@H](c2ccccn2)[C@H]1c1cc(C)n(-c2cc([N+](=O)[O-])ccc2OC)c1C. The molecule has 0 unspecified atom stereocenters. The van der Waals surface area contributed by atoms with Crippen molar-refractivity contribution in [3.63, 3.8) is 0 Å². The fourth-order valence-corrected chi connectivity index (χ4v) is 5.24. The molecule has 2 atom stereocenters. The van der Waals surface area contributed by atoms with E-state index in [0.29, 0.717) is 29.5 Å². The molecule has 1 aliphatic heterocycles. The Morgan fingerprint density at radius 1 is 1.22 bits per heavy atom. The number of hydrogen-bond donors (Lipinski definition) is 1. The van der Waals surface area contributed by atoms with Crippen molar-refractivity contribution in [2.45, 2.75) is 38.8 Å². The van der Waals surface area contributed by atoms with Gasteiger partial charge in [-0.3, -0.25) is 19.9 Å². The molecule has 1 saturated heterocycles. The van der Waals surface area contributed by atoms with Crippen molar-refractivity contribution in [3.05, 3.63) is 81.4 Å². The third kappa shape index (κ3) is 5.12. The second-order valence-corrected chi connectivity index (χ2v) is 9.16. The summed E-state index contributed by atoms with van der Waals surface area (Å²) in [4.78, 5) is 29.5. The Morgan fingerprint density at radius 2 is 2.00 bits per heavy atom. The first-order valence-corrected chi connectivity index (χ1v) is 12.2. The van der Waals surface area contributed by atoms with E-state index in [-0.39, 0.29) is 30.2 Å². The van der Waals surface area contributed by atoms with Gasteiger partial charge in [0.25, 0.3) is 5.69 Å². The van der Waals surface area contributed by atoms with Crippen molar-refractivity contribution in [2.24, 2.45) is 0 Å². The van der Waals surface area contributed by atoms with Crippen LogP contribution in [0.5, 0.6) is 5.75 Å². The number of methoxy groups -OCH3 is 2. The van der Waals surface area contributed by atoms with E-state index in [1.54, 1.807) is 19.4 Å². The van der Waals surface area contributed by atoms with Crippen LogP contribution in [0.2, 0.25) is 0 Å². The summed E-state index contributed by atoms with van der Waals surface area (Å²) in [7, 11) is 2.92. The van der Waals surface area contributed by atoms with Crippen LogP contribution in [0.4, 0.5) is 5.69 Å². The Bertz CT molecular complexity index is 1330. The van der Waals surface area contributed by atoms with Crippen LogP contribution in [-0.4, -0.2) is 51.2 Å². The summed E-state index contributed by atoms with van der Waals surface area (Å²) in [5.41, 5.74) is 4.17. The number of nitrogens with one attached hydrogen (secondary N) is 1. The van der Waals surface area contributed by atoms with Gasteiger partial charge in [0, 0.05) is 42.7 Å². The van der Waals surface area contributed by atoms with E-state index in [0.717, 1.165) is 22.6 Å². The second kappa shape index (κ2) is 11.0. The van der Waals surface area contributed by atoms with Crippen LogP contribution in [0.25, 0.3) is 5.69 Å². The number of carbonyl (C=O) groups excluding carboxylic acids is 1. The largest absolute Gasteiger partial charge is 0.495 e. The molecule has 1 aliphatic rings. The van der Waals surface area contributed by atoms with Gasteiger partial charge >= 0.3 is 5.97 Å². The highest BCUT2D eigenvalue weighted by atomic mass is 32.1. The highest BCUT2D eigenvalue weighted by Gasteiger charge is 2.41. The van der Waals surface area contributed by atoms with Gasteiger partial charge in [-0.2, -0.15) is 0 Å². The Labute approximate surface area is 220 Å². The molecule has 0 saturated carbocycles. The van der Waals surface area contributed by atoms with Gasteiger partial charge in [0.05, 0.1) is 42.6 Å². The van der Waals surface area contributed by atoms with Crippen LogP contribution in [0.15, 0.2) is 48.7 Å². The number of nitrogens with zero attached hydrogens (tertiary/aromatic N) is 4.